The van der Waals surface area contributed by atoms with Crippen molar-refractivity contribution in [3.05, 3.63) is 65.7 Å². The number of morpholine rings is 1. The Morgan fingerprint density at radius 1 is 1.21 bits per heavy atom. The van der Waals surface area contributed by atoms with Crippen LogP contribution in [-0.4, -0.2) is 49.2 Å². The first-order valence-electron chi connectivity index (χ1n) is 9.94. The van der Waals surface area contributed by atoms with E-state index in [0.29, 0.717) is 19.7 Å². The molecule has 28 heavy (non-hydrogen) atoms. The Bertz CT molecular complexity index is 765. The molecule has 3 rings (SSSR count). The van der Waals surface area contributed by atoms with Crippen molar-refractivity contribution in [1.29, 1.82) is 0 Å². The molecular weight excluding hydrogens is 352 g/mol. The fraction of sp³-hybridized carbons (Fsp3) is 0.435. The molecule has 0 spiro atoms. The van der Waals surface area contributed by atoms with Gasteiger partial charge in [0.15, 0.2) is 0 Å². The molecule has 1 aliphatic heterocycles. The summed E-state index contributed by atoms with van der Waals surface area (Å²) in [5.74, 6) is 0.851. The highest BCUT2D eigenvalue weighted by molar-refractivity contribution is 5.81. The molecule has 0 aromatic heterocycles. The number of carbonyl (C=O) groups is 1. The van der Waals surface area contributed by atoms with Crippen molar-refractivity contribution < 1.29 is 14.3 Å². The summed E-state index contributed by atoms with van der Waals surface area (Å²) in [5.41, 5.74) is 2.31. The maximum absolute atomic E-state index is 12.6. The van der Waals surface area contributed by atoms with Crippen molar-refractivity contribution in [3.8, 4) is 5.75 Å². The number of benzene rings is 2. The molecular formula is C23H30N2O3. The molecule has 2 aromatic rings. The molecule has 0 bridgehead atoms. The number of nitrogens with zero attached hydrogens (tertiary/aromatic N) is 1. The summed E-state index contributed by atoms with van der Waals surface area (Å²) in [4.78, 5) is 14.8. The first kappa shape index (κ1) is 20.4. The van der Waals surface area contributed by atoms with Crippen LogP contribution in [0.4, 0.5) is 0 Å². The summed E-state index contributed by atoms with van der Waals surface area (Å²) in [6, 6.07) is 17.9. The van der Waals surface area contributed by atoms with Crippen LogP contribution in [0.2, 0.25) is 0 Å². The number of ether oxygens (including phenoxy) is 2. The fourth-order valence-corrected chi connectivity index (χ4v) is 3.51. The van der Waals surface area contributed by atoms with Crippen LogP contribution in [0.1, 0.15) is 31.1 Å². The van der Waals surface area contributed by atoms with Crippen LogP contribution in [0.25, 0.3) is 0 Å². The van der Waals surface area contributed by atoms with Crippen molar-refractivity contribution in [2.24, 2.45) is 0 Å². The smallest absolute Gasteiger partial charge is 0.237 e. The highest BCUT2D eigenvalue weighted by Gasteiger charge is 2.31. The number of amides is 1. The molecule has 0 radical (unpaired) electrons. The summed E-state index contributed by atoms with van der Waals surface area (Å²) in [6.07, 6.45) is 0.0729. The van der Waals surface area contributed by atoms with E-state index in [-0.39, 0.29) is 24.2 Å². The molecule has 1 N–H and O–H groups in total. The predicted molar refractivity (Wildman–Crippen MR) is 110 cm³/mol. The van der Waals surface area contributed by atoms with Crippen LogP contribution >= 0.6 is 0 Å². The van der Waals surface area contributed by atoms with E-state index in [9.17, 15) is 4.79 Å². The summed E-state index contributed by atoms with van der Waals surface area (Å²) >= 11 is 0. The number of hydrogen-bond acceptors (Lipinski definition) is 4. The van der Waals surface area contributed by atoms with Gasteiger partial charge in [0.05, 0.1) is 24.8 Å². The van der Waals surface area contributed by atoms with Crippen molar-refractivity contribution in [1.82, 2.24) is 10.2 Å². The van der Waals surface area contributed by atoms with Crippen LogP contribution in [0.15, 0.2) is 54.6 Å². The van der Waals surface area contributed by atoms with Gasteiger partial charge in [-0.3, -0.25) is 9.69 Å². The molecule has 3 atom stereocenters. The second-order valence-electron chi connectivity index (χ2n) is 7.43. The summed E-state index contributed by atoms with van der Waals surface area (Å²) in [7, 11) is 0. The Morgan fingerprint density at radius 3 is 2.75 bits per heavy atom. The second-order valence-corrected chi connectivity index (χ2v) is 7.43. The van der Waals surface area contributed by atoms with E-state index in [2.05, 4.69) is 29.3 Å². The van der Waals surface area contributed by atoms with Gasteiger partial charge in [0.1, 0.15) is 12.4 Å². The zero-order valence-electron chi connectivity index (χ0n) is 16.9. The fourth-order valence-electron chi connectivity index (χ4n) is 3.51. The highest BCUT2D eigenvalue weighted by atomic mass is 16.5. The van der Waals surface area contributed by atoms with Gasteiger partial charge in [0, 0.05) is 13.1 Å². The Labute approximate surface area is 167 Å². The van der Waals surface area contributed by atoms with E-state index in [0.717, 1.165) is 23.4 Å². The van der Waals surface area contributed by atoms with E-state index < -0.39 is 0 Å². The molecule has 0 saturated carbocycles. The van der Waals surface area contributed by atoms with Crippen molar-refractivity contribution in [2.75, 3.05) is 26.2 Å². The number of carbonyl (C=O) groups excluding carboxylic acids is 1. The van der Waals surface area contributed by atoms with Crippen LogP contribution in [0.5, 0.6) is 5.75 Å². The molecule has 1 amide bonds. The predicted octanol–water partition coefficient (Wildman–Crippen LogP) is 3.34. The average molecular weight is 383 g/mol. The topological polar surface area (TPSA) is 50.8 Å². The Hall–Kier alpha value is -2.37. The summed E-state index contributed by atoms with van der Waals surface area (Å²) in [5, 5.41) is 2.99. The lowest BCUT2D eigenvalue weighted by atomic mass is 10.1. The van der Waals surface area contributed by atoms with Crippen LogP contribution in [-0.2, 0) is 9.53 Å². The first-order chi connectivity index (χ1) is 13.5. The van der Waals surface area contributed by atoms with Gasteiger partial charge < -0.3 is 14.8 Å². The van der Waals surface area contributed by atoms with E-state index in [1.165, 1.54) is 0 Å². The van der Waals surface area contributed by atoms with Gasteiger partial charge in [-0.2, -0.15) is 0 Å². The molecule has 5 nitrogen and oxygen atoms in total. The lowest BCUT2D eigenvalue weighted by Crippen LogP contribution is -2.52. The molecule has 5 heteroatoms. The number of aryl methyl sites for hydroxylation is 1. The third-order valence-corrected chi connectivity index (χ3v) is 5.05. The minimum absolute atomic E-state index is 0.00939. The largest absolute Gasteiger partial charge is 0.492 e. The first-order valence-corrected chi connectivity index (χ1v) is 9.94. The zero-order chi connectivity index (χ0) is 19.9. The molecule has 1 saturated heterocycles. The SMILES string of the molecule is Cc1cccc(OCCNC(=O)C(C)N2CC(C)OC(c3ccccc3)C2)c1. The zero-order valence-corrected chi connectivity index (χ0v) is 16.9. The second kappa shape index (κ2) is 9.71. The Morgan fingerprint density at radius 2 is 2.00 bits per heavy atom. The Kier molecular flexibility index (Phi) is 7.06. The molecule has 0 aliphatic carbocycles. The van der Waals surface area contributed by atoms with Gasteiger partial charge in [-0.05, 0) is 44.0 Å². The quantitative estimate of drug-likeness (QED) is 0.746. The van der Waals surface area contributed by atoms with Gasteiger partial charge in [-0.1, -0.05) is 42.5 Å². The molecule has 2 aromatic carbocycles. The molecule has 150 valence electrons. The molecule has 1 fully saturated rings. The monoisotopic (exact) mass is 382 g/mol. The van der Waals surface area contributed by atoms with Gasteiger partial charge in [-0.25, -0.2) is 0 Å². The number of rotatable bonds is 7. The minimum Gasteiger partial charge on any atom is -0.492 e. The van der Waals surface area contributed by atoms with Gasteiger partial charge in [-0.15, -0.1) is 0 Å². The third kappa shape index (κ3) is 5.57. The maximum Gasteiger partial charge on any atom is 0.237 e. The third-order valence-electron chi connectivity index (χ3n) is 5.05. The van der Waals surface area contributed by atoms with Crippen LogP contribution < -0.4 is 10.1 Å². The van der Waals surface area contributed by atoms with E-state index >= 15 is 0 Å². The summed E-state index contributed by atoms with van der Waals surface area (Å²) in [6.45, 7) is 8.44. The summed E-state index contributed by atoms with van der Waals surface area (Å²) < 4.78 is 11.8. The lowest BCUT2D eigenvalue weighted by molar-refractivity contribution is -0.133. The van der Waals surface area contributed by atoms with Crippen molar-refractivity contribution in [2.45, 2.75) is 39.0 Å². The van der Waals surface area contributed by atoms with Crippen LogP contribution in [0.3, 0.4) is 0 Å². The van der Waals surface area contributed by atoms with Crippen molar-refractivity contribution >= 4 is 5.91 Å². The van der Waals surface area contributed by atoms with E-state index in [1.54, 1.807) is 0 Å². The van der Waals surface area contributed by atoms with Gasteiger partial charge in [0.2, 0.25) is 5.91 Å². The standard InChI is InChI=1S/C23H30N2O3/c1-17-8-7-11-21(14-17)27-13-12-24-23(26)19(3)25-15-18(2)28-22(16-25)20-9-5-4-6-10-20/h4-11,14,18-19,22H,12-13,15-16H2,1-3H3,(H,24,26). The van der Waals surface area contributed by atoms with Crippen LogP contribution in [0, 0.1) is 6.92 Å². The number of nitrogens with one attached hydrogen (secondary N) is 1. The van der Waals surface area contributed by atoms with Crippen molar-refractivity contribution in [3.63, 3.8) is 0 Å². The average Bonchev–Trinajstić information content (AvgIpc) is 2.71. The van der Waals surface area contributed by atoms with E-state index in [4.69, 9.17) is 9.47 Å². The lowest BCUT2D eigenvalue weighted by Gasteiger charge is -2.39. The molecule has 1 heterocycles. The highest BCUT2D eigenvalue weighted by Crippen LogP contribution is 2.26. The maximum atomic E-state index is 12.6. The Balaban J connectivity index is 1.48. The molecule has 1 aliphatic rings. The van der Waals surface area contributed by atoms with Gasteiger partial charge >= 0.3 is 0 Å². The van der Waals surface area contributed by atoms with Gasteiger partial charge in [0.25, 0.3) is 0 Å². The van der Waals surface area contributed by atoms with E-state index in [1.807, 2.05) is 56.3 Å². The minimum atomic E-state index is -0.212. The molecule has 3 unspecified atom stereocenters. The normalized spacial score (nSPS) is 21.1. The number of hydrogen-bond donors (Lipinski definition) is 1.